The van der Waals surface area contributed by atoms with Crippen LogP contribution >= 0.6 is 0 Å². The van der Waals surface area contributed by atoms with Gasteiger partial charge in [0.15, 0.2) is 0 Å². The van der Waals surface area contributed by atoms with Gasteiger partial charge >= 0.3 is 0 Å². The van der Waals surface area contributed by atoms with Crippen molar-refractivity contribution in [2.75, 3.05) is 13.1 Å². The minimum atomic E-state index is -0.348. The Hall–Kier alpha value is -2.62. The van der Waals surface area contributed by atoms with Gasteiger partial charge in [-0.3, -0.25) is 9.59 Å². The predicted molar refractivity (Wildman–Crippen MR) is 95.7 cm³/mol. The molecule has 0 bridgehead atoms. The Kier molecular flexibility index (Phi) is 7.02. The molecule has 0 saturated carbocycles. The lowest BCUT2D eigenvalue weighted by Crippen LogP contribution is -2.37. The van der Waals surface area contributed by atoms with E-state index < -0.39 is 0 Å². The van der Waals surface area contributed by atoms with Crippen molar-refractivity contribution in [2.45, 2.75) is 25.7 Å². The molecule has 0 aliphatic carbocycles. The van der Waals surface area contributed by atoms with Crippen molar-refractivity contribution in [2.24, 2.45) is 0 Å². The molecule has 0 aliphatic rings. The molecule has 0 aromatic heterocycles. The lowest BCUT2D eigenvalue weighted by Gasteiger charge is -2.18. The highest BCUT2D eigenvalue weighted by molar-refractivity contribution is 5.87. The Balaban J connectivity index is 2.00. The van der Waals surface area contributed by atoms with Gasteiger partial charge in [0.25, 0.3) is 0 Å². The fourth-order valence-electron chi connectivity index (χ4n) is 2.59. The minimum absolute atomic E-state index is 0.0226. The number of amides is 2. The quantitative estimate of drug-likeness (QED) is 0.734. The van der Waals surface area contributed by atoms with Crippen LogP contribution in [0.4, 0.5) is 0 Å². The Morgan fingerprint density at radius 1 is 0.833 bits per heavy atom. The van der Waals surface area contributed by atoms with E-state index in [0.29, 0.717) is 19.5 Å². The maximum Gasteiger partial charge on any atom is 0.232 e. The van der Waals surface area contributed by atoms with Crippen molar-refractivity contribution < 1.29 is 9.59 Å². The molecule has 0 heterocycles. The highest BCUT2D eigenvalue weighted by Gasteiger charge is 2.21. The first kappa shape index (κ1) is 17.7. The number of rotatable bonds is 8. The molecule has 0 saturated heterocycles. The second kappa shape index (κ2) is 9.50. The van der Waals surface area contributed by atoms with E-state index in [0.717, 1.165) is 17.5 Å². The summed E-state index contributed by atoms with van der Waals surface area (Å²) >= 11 is 0. The molecule has 2 rings (SSSR count). The molecule has 2 aromatic carbocycles. The summed E-state index contributed by atoms with van der Waals surface area (Å²) in [6.45, 7) is 2.83. The first-order chi connectivity index (χ1) is 11.7. The normalized spacial score (nSPS) is 10.4. The van der Waals surface area contributed by atoms with E-state index in [9.17, 15) is 9.59 Å². The molecular weight excluding hydrogens is 300 g/mol. The summed E-state index contributed by atoms with van der Waals surface area (Å²) in [5, 5.41) is 5.73. The fourth-order valence-corrected chi connectivity index (χ4v) is 2.59. The van der Waals surface area contributed by atoms with Crippen molar-refractivity contribution in [1.29, 1.82) is 0 Å². The second-order valence-corrected chi connectivity index (χ2v) is 5.65. The van der Waals surface area contributed by atoms with Crippen LogP contribution in [0.1, 0.15) is 36.8 Å². The standard InChI is InChI=1S/C20H24N2O2/c1-2-9-18(23)21-14-15-22-20(24)19(16-10-5-3-6-11-16)17-12-7-4-8-13-17/h3-8,10-13,19H,2,9,14-15H2,1H3,(H,21,23)(H,22,24). The lowest BCUT2D eigenvalue weighted by atomic mass is 9.90. The summed E-state index contributed by atoms with van der Waals surface area (Å²) in [4.78, 5) is 24.1. The van der Waals surface area contributed by atoms with Crippen molar-refractivity contribution in [3.8, 4) is 0 Å². The zero-order valence-corrected chi connectivity index (χ0v) is 14.0. The van der Waals surface area contributed by atoms with Crippen LogP contribution in [-0.4, -0.2) is 24.9 Å². The summed E-state index contributed by atoms with van der Waals surface area (Å²) < 4.78 is 0. The monoisotopic (exact) mass is 324 g/mol. The smallest absolute Gasteiger partial charge is 0.232 e. The topological polar surface area (TPSA) is 58.2 Å². The third-order valence-corrected chi connectivity index (χ3v) is 3.75. The summed E-state index contributed by atoms with van der Waals surface area (Å²) in [6.07, 6.45) is 1.34. The molecule has 0 spiro atoms. The van der Waals surface area contributed by atoms with E-state index in [1.54, 1.807) is 0 Å². The van der Waals surface area contributed by atoms with E-state index in [2.05, 4.69) is 10.6 Å². The number of carbonyl (C=O) groups excluding carboxylic acids is 2. The molecule has 0 fully saturated rings. The number of nitrogens with one attached hydrogen (secondary N) is 2. The van der Waals surface area contributed by atoms with Gasteiger partial charge in [-0.15, -0.1) is 0 Å². The maximum atomic E-state index is 12.7. The average Bonchev–Trinajstić information content (AvgIpc) is 2.61. The zero-order chi connectivity index (χ0) is 17.2. The SMILES string of the molecule is CCCC(=O)NCCNC(=O)C(c1ccccc1)c1ccccc1. The summed E-state index contributed by atoms with van der Waals surface area (Å²) in [5.41, 5.74) is 1.91. The fraction of sp³-hybridized carbons (Fsp3) is 0.300. The van der Waals surface area contributed by atoms with Gasteiger partial charge in [-0.25, -0.2) is 0 Å². The van der Waals surface area contributed by atoms with E-state index in [1.807, 2.05) is 67.6 Å². The van der Waals surface area contributed by atoms with Gasteiger partial charge in [0.1, 0.15) is 0 Å². The van der Waals surface area contributed by atoms with Crippen molar-refractivity contribution in [1.82, 2.24) is 10.6 Å². The third kappa shape index (κ3) is 5.23. The highest BCUT2D eigenvalue weighted by atomic mass is 16.2. The molecular formula is C20H24N2O2. The van der Waals surface area contributed by atoms with Crippen molar-refractivity contribution in [3.05, 3.63) is 71.8 Å². The molecule has 2 amide bonds. The zero-order valence-electron chi connectivity index (χ0n) is 14.0. The van der Waals surface area contributed by atoms with Gasteiger partial charge in [-0.2, -0.15) is 0 Å². The lowest BCUT2D eigenvalue weighted by molar-refractivity contribution is -0.123. The van der Waals surface area contributed by atoms with Crippen molar-refractivity contribution >= 4 is 11.8 Å². The van der Waals surface area contributed by atoms with Crippen LogP contribution in [0.3, 0.4) is 0 Å². The number of carbonyl (C=O) groups is 2. The molecule has 0 aliphatic heterocycles. The molecule has 24 heavy (non-hydrogen) atoms. The first-order valence-corrected chi connectivity index (χ1v) is 8.36. The molecule has 2 aromatic rings. The van der Waals surface area contributed by atoms with Crippen LogP contribution in [-0.2, 0) is 9.59 Å². The second-order valence-electron chi connectivity index (χ2n) is 5.65. The van der Waals surface area contributed by atoms with Gasteiger partial charge in [0.2, 0.25) is 11.8 Å². The first-order valence-electron chi connectivity index (χ1n) is 8.36. The third-order valence-electron chi connectivity index (χ3n) is 3.75. The number of hydrogen-bond donors (Lipinski definition) is 2. The van der Waals surface area contributed by atoms with Crippen LogP contribution in [0.5, 0.6) is 0 Å². The number of benzene rings is 2. The van der Waals surface area contributed by atoms with Gasteiger partial charge in [-0.1, -0.05) is 67.6 Å². The summed E-state index contributed by atoms with van der Waals surface area (Å²) in [7, 11) is 0. The molecule has 2 N–H and O–H groups in total. The van der Waals surface area contributed by atoms with Gasteiger partial charge in [0.05, 0.1) is 5.92 Å². The van der Waals surface area contributed by atoms with Gasteiger partial charge in [0, 0.05) is 19.5 Å². The Morgan fingerprint density at radius 2 is 1.33 bits per heavy atom. The number of hydrogen-bond acceptors (Lipinski definition) is 2. The van der Waals surface area contributed by atoms with E-state index in [1.165, 1.54) is 0 Å². The molecule has 4 nitrogen and oxygen atoms in total. The molecule has 0 atom stereocenters. The summed E-state index contributed by atoms with van der Waals surface area (Å²) in [5.74, 6) is -0.384. The van der Waals surface area contributed by atoms with Crippen molar-refractivity contribution in [3.63, 3.8) is 0 Å². The average molecular weight is 324 g/mol. The molecule has 4 heteroatoms. The van der Waals surface area contributed by atoms with E-state index in [4.69, 9.17) is 0 Å². The van der Waals surface area contributed by atoms with Gasteiger partial charge < -0.3 is 10.6 Å². The summed E-state index contributed by atoms with van der Waals surface area (Å²) in [6, 6.07) is 19.4. The minimum Gasteiger partial charge on any atom is -0.354 e. The Labute approximate surface area is 143 Å². The van der Waals surface area contributed by atoms with Crippen LogP contribution in [0.15, 0.2) is 60.7 Å². The van der Waals surface area contributed by atoms with Crippen LogP contribution in [0, 0.1) is 0 Å². The molecule has 0 radical (unpaired) electrons. The van der Waals surface area contributed by atoms with E-state index >= 15 is 0 Å². The Bertz CT molecular complexity index is 602. The van der Waals surface area contributed by atoms with Crippen LogP contribution in [0.2, 0.25) is 0 Å². The molecule has 126 valence electrons. The van der Waals surface area contributed by atoms with E-state index in [-0.39, 0.29) is 17.7 Å². The molecule has 0 unspecified atom stereocenters. The largest absolute Gasteiger partial charge is 0.354 e. The predicted octanol–water partition coefficient (Wildman–Crippen LogP) is 2.85. The maximum absolute atomic E-state index is 12.7. The highest BCUT2D eigenvalue weighted by Crippen LogP contribution is 2.24. The van der Waals surface area contributed by atoms with Gasteiger partial charge in [-0.05, 0) is 17.5 Å². The van der Waals surface area contributed by atoms with Crippen LogP contribution < -0.4 is 10.6 Å². The Morgan fingerprint density at radius 3 is 1.83 bits per heavy atom. The van der Waals surface area contributed by atoms with Crippen LogP contribution in [0.25, 0.3) is 0 Å².